The van der Waals surface area contributed by atoms with Gasteiger partial charge in [0.05, 0.1) is 17.1 Å². The Balaban J connectivity index is 2.25. The number of hydrogen-bond donors (Lipinski definition) is 1. The van der Waals surface area contributed by atoms with Gasteiger partial charge >= 0.3 is 0 Å². The molecule has 0 spiro atoms. The summed E-state index contributed by atoms with van der Waals surface area (Å²) >= 11 is 0. The number of carbonyl (C=O) groups is 1. The maximum atomic E-state index is 11.3. The summed E-state index contributed by atoms with van der Waals surface area (Å²) in [5.74, 6) is 0.323. The Morgan fingerprint density at radius 3 is 2.91 bits per heavy atom. The van der Waals surface area contributed by atoms with Crippen molar-refractivity contribution in [3.05, 3.63) is 24.3 Å². The molecular weight excluding hydrogens is 296 g/mol. The minimum atomic E-state index is -0.417. The minimum absolute atomic E-state index is 0.182. The van der Waals surface area contributed by atoms with E-state index in [1.807, 2.05) is 31.2 Å². The van der Waals surface area contributed by atoms with E-state index in [2.05, 4.69) is 26.7 Å². The molecular formula is C15H14N6O2. The van der Waals surface area contributed by atoms with Crippen molar-refractivity contribution < 1.29 is 9.42 Å². The lowest BCUT2D eigenvalue weighted by molar-refractivity contribution is -0.114. The standard InChI is InChI=1S/C15H14N6O2/c1-3-10(8-16)21-12-7-5-4-6-11(12)18-15(21)13-14(17-9(2)22)20-23-19-13/h4-7,10H,3H2,1-2H3,(H,17,20,22). The smallest absolute Gasteiger partial charge is 0.222 e. The lowest BCUT2D eigenvalue weighted by Gasteiger charge is -2.12. The summed E-state index contributed by atoms with van der Waals surface area (Å²) in [5, 5.41) is 19.6. The molecule has 1 N–H and O–H groups in total. The summed E-state index contributed by atoms with van der Waals surface area (Å²) in [6, 6.07) is 9.33. The zero-order chi connectivity index (χ0) is 16.4. The predicted molar refractivity (Wildman–Crippen MR) is 82.3 cm³/mol. The SMILES string of the molecule is CCC(C#N)n1c(-c2nonc2NC(C)=O)nc2ccccc21. The Bertz CT molecular complexity index is 904. The van der Waals surface area contributed by atoms with Crippen molar-refractivity contribution in [2.75, 3.05) is 5.32 Å². The number of anilines is 1. The molecule has 0 aliphatic rings. The van der Waals surface area contributed by atoms with Gasteiger partial charge in [0, 0.05) is 6.92 Å². The van der Waals surface area contributed by atoms with Crippen LogP contribution in [0, 0.1) is 11.3 Å². The van der Waals surface area contributed by atoms with Crippen LogP contribution in [0.5, 0.6) is 0 Å². The number of imidazole rings is 1. The molecule has 8 nitrogen and oxygen atoms in total. The molecule has 2 aromatic heterocycles. The second-order valence-corrected chi connectivity index (χ2v) is 4.99. The van der Waals surface area contributed by atoms with Crippen LogP contribution in [0.15, 0.2) is 28.9 Å². The van der Waals surface area contributed by atoms with E-state index < -0.39 is 6.04 Å². The summed E-state index contributed by atoms with van der Waals surface area (Å²) in [5.41, 5.74) is 1.84. The highest BCUT2D eigenvalue weighted by Crippen LogP contribution is 2.31. The molecule has 8 heteroatoms. The second kappa shape index (κ2) is 5.88. The van der Waals surface area contributed by atoms with Gasteiger partial charge in [-0.1, -0.05) is 19.1 Å². The Morgan fingerprint density at radius 1 is 1.43 bits per heavy atom. The van der Waals surface area contributed by atoms with Crippen LogP contribution in [0.2, 0.25) is 0 Å². The second-order valence-electron chi connectivity index (χ2n) is 4.99. The molecule has 3 rings (SSSR count). The van der Waals surface area contributed by atoms with Crippen molar-refractivity contribution in [2.24, 2.45) is 0 Å². The van der Waals surface area contributed by atoms with Gasteiger partial charge in [0.25, 0.3) is 0 Å². The van der Waals surface area contributed by atoms with Crippen LogP contribution in [-0.4, -0.2) is 25.8 Å². The average Bonchev–Trinajstić information content (AvgIpc) is 3.13. The third kappa shape index (κ3) is 2.53. The van der Waals surface area contributed by atoms with Crippen molar-refractivity contribution in [1.29, 1.82) is 5.26 Å². The average molecular weight is 310 g/mol. The van der Waals surface area contributed by atoms with Gasteiger partial charge in [-0.15, -0.1) is 0 Å². The first-order chi connectivity index (χ1) is 11.2. The first-order valence-electron chi connectivity index (χ1n) is 7.12. The Morgan fingerprint density at radius 2 is 2.22 bits per heavy atom. The Labute approximate surface area is 131 Å². The number of nitrogens with one attached hydrogen (secondary N) is 1. The first-order valence-corrected chi connectivity index (χ1v) is 7.12. The maximum Gasteiger partial charge on any atom is 0.222 e. The number of nitriles is 1. The lowest BCUT2D eigenvalue weighted by atomic mass is 10.2. The molecule has 1 atom stereocenters. The molecule has 3 aromatic rings. The normalized spacial score (nSPS) is 12.0. The van der Waals surface area contributed by atoms with E-state index in [4.69, 9.17) is 4.63 Å². The zero-order valence-electron chi connectivity index (χ0n) is 12.6. The van der Waals surface area contributed by atoms with Gasteiger partial charge in [0.1, 0.15) is 6.04 Å². The number of hydrogen-bond acceptors (Lipinski definition) is 6. The molecule has 0 radical (unpaired) electrons. The number of carbonyl (C=O) groups excluding carboxylic acids is 1. The molecule has 1 aromatic carbocycles. The van der Waals surface area contributed by atoms with Gasteiger partial charge in [0.15, 0.2) is 11.5 Å². The minimum Gasteiger partial charge on any atom is -0.306 e. The number of fused-ring (bicyclic) bond motifs is 1. The predicted octanol–water partition coefficient (Wildman–Crippen LogP) is 2.52. The number of aromatic nitrogens is 4. The monoisotopic (exact) mass is 310 g/mol. The van der Waals surface area contributed by atoms with E-state index in [9.17, 15) is 10.1 Å². The van der Waals surface area contributed by atoms with E-state index in [1.165, 1.54) is 6.92 Å². The van der Waals surface area contributed by atoms with E-state index in [-0.39, 0.29) is 11.7 Å². The van der Waals surface area contributed by atoms with Gasteiger partial charge in [-0.05, 0) is 28.9 Å². The van der Waals surface area contributed by atoms with Crippen LogP contribution in [0.4, 0.5) is 5.82 Å². The third-order valence-electron chi connectivity index (χ3n) is 3.44. The summed E-state index contributed by atoms with van der Waals surface area (Å²) in [7, 11) is 0. The molecule has 1 unspecified atom stereocenters. The van der Waals surface area contributed by atoms with Gasteiger partial charge in [-0.2, -0.15) is 5.26 Å². The molecule has 23 heavy (non-hydrogen) atoms. The van der Waals surface area contributed by atoms with Crippen LogP contribution >= 0.6 is 0 Å². The number of para-hydroxylation sites is 2. The lowest BCUT2D eigenvalue weighted by Crippen LogP contribution is -2.11. The van der Waals surface area contributed by atoms with Gasteiger partial charge in [-0.25, -0.2) is 9.61 Å². The van der Waals surface area contributed by atoms with Crippen LogP contribution in [-0.2, 0) is 4.79 Å². The van der Waals surface area contributed by atoms with Crippen molar-refractivity contribution in [3.8, 4) is 17.6 Å². The Hall–Kier alpha value is -3.21. The summed E-state index contributed by atoms with van der Waals surface area (Å²) < 4.78 is 6.54. The van der Waals surface area contributed by atoms with Crippen molar-refractivity contribution >= 4 is 22.8 Å². The van der Waals surface area contributed by atoms with E-state index in [1.54, 1.807) is 4.57 Å². The van der Waals surface area contributed by atoms with Crippen LogP contribution in [0.3, 0.4) is 0 Å². The third-order valence-corrected chi connectivity index (χ3v) is 3.44. The molecule has 0 fully saturated rings. The summed E-state index contributed by atoms with van der Waals surface area (Å²) in [6.45, 7) is 3.29. The molecule has 0 saturated carbocycles. The van der Waals surface area contributed by atoms with Crippen LogP contribution < -0.4 is 5.32 Å². The van der Waals surface area contributed by atoms with Gasteiger partial charge in [-0.3, -0.25) is 4.79 Å². The van der Waals surface area contributed by atoms with Crippen molar-refractivity contribution in [1.82, 2.24) is 19.9 Å². The van der Waals surface area contributed by atoms with Crippen LogP contribution in [0.25, 0.3) is 22.6 Å². The topological polar surface area (TPSA) is 110 Å². The zero-order valence-corrected chi connectivity index (χ0v) is 12.6. The van der Waals surface area contributed by atoms with Gasteiger partial charge in [0.2, 0.25) is 11.7 Å². The van der Waals surface area contributed by atoms with E-state index >= 15 is 0 Å². The molecule has 1 amide bonds. The molecule has 2 heterocycles. The molecule has 0 aliphatic heterocycles. The number of nitrogens with zero attached hydrogens (tertiary/aromatic N) is 5. The fraction of sp³-hybridized carbons (Fsp3) is 0.267. The highest BCUT2D eigenvalue weighted by atomic mass is 16.6. The Kier molecular flexibility index (Phi) is 3.76. The number of amides is 1. The molecule has 0 bridgehead atoms. The van der Waals surface area contributed by atoms with Crippen molar-refractivity contribution in [2.45, 2.75) is 26.3 Å². The fourth-order valence-electron chi connectivity index (χ4n) is 2.44. The quantitative estimate of drug-likeness (QED) is 0.793. The molecule has 0 saturated heterocycles. The summed E-state index contributed by atoms with van der Waals surface area (Å²) in [4.78, 5) is 15.8. The summed E-state index contributed by atoms with van der Waals surface area (Å²) in [6.07, 6.45) is 0.602. The number of benzene rings is 1. The largest absolute Gasteiger partial charge is 0.306 e. The van der Waals surface area contributed by atoms with E-state index in [0.29, 0.717) is 17.9 Å². The molecule has 116 valence electrons. The van der Waals surface area contributed by atoms with Gasteiger partial charge < -0.3 is 9.88 Å². The number of rotatable bonds is 4. The fourth-order valence-corrected chi connectivity index (χ4v) is 2.44. The first kappa shape index (κ1) is 14.7. The highest BCUT2D eigenvalue weighted by Gasteiger charge is 2.24. The van der Waals surface area contributed by atoms with Crippen LogP contribution in [0.1, 0.15) is 26.3 Å². The van der Waals surface area contributed by atoms with Crippen molar-refractivity contribution in [3.63, 3.8) is 0 Å². The maximum absolute atomic E-state index is 11.3. The highest BCUT2D eigenvalue weighted by molar-refractivity contribution is 5.91. The van der Waals surface area contributed by atoms with E-state index in [0.717, 1.165) is 11.0 Å². The molecule has 0 aliphatic carbocycles.